The van der Waals surface area contributed by atoms with Crippen molar-refractivity contribution in [1.82, 2.24) is 0 Å². The lowest BCUT2D eigenvalue weighted by molar-refractivity contribution is 0.247. The highest BCUT2D eigenvalue weighted by atomic mass is 16.5. The Kier molecular flexibility index (Phi) is 6.10. The van der Waals surface area contributed by atoms with Crippen LogP contribution in [0.1, 0.15) is 63.0 Å². The molecule has 0 aliphatic heterocycles. The quantitative estimate of drug-likeness (QED) is 0.827. The maximum absolute atomic E-state index is 6.12. The Balaban J connectivity index is 2.12. The smallest absolute Gasteiger partial charge is 0.122 e. The lowest BCUT2D eigenvalue weighted by Gasteiger charge is -2.33. The van der Waals surface area contributed by atoms with E-state index in [-0.39, 0.29) is 0 Å². The second-order valence-electron chi connectivity index (χ2n) is 6.75. The van der Waals surface area contributed by atoms with E-state index in [1.54, 1.807) is 0 Å². The largest absolute Gasteiger partial charge is 0.493 e. The first-order valence-corrected chi connectivity index (χ1v) is 8.59. The van der Waals surface area contributed by atoms with Crippen molar-refractivity contribution in [2.75, 3.05) is 13.2 Å². The molecule has 0 saturated heterocycles. The van der Waals surface area contributed by atoms with Gasteiger partial charge in [-0.05, 0) is 67.7 Å². The molecule has 0 aromatic heterocycles. The van der Waals surface area contributed by atoms with E-state index in [2.05, 4.69) is 39.0 Å². The summed E-state index contributed by atoms with van der Waals surface area (Å²) in [5, 5.41) is 0. The van der Waals surface area contributed by atoms with Crippen LogP contribution in [-0.2, 0) is 0 Å². The van der Waals surface area contributed by atoms with Crippen LogP contribution in [-0.4, -0.2) is 13.2 Å². The van der Waals surface area contributed by atoms with Crippen LogP contribution < -0.4 is 10.5 Å². The molecule has 2 N–H and O–H groups in total. The molecule has 1 fully saturated rings. The molecule has 1 aromatic carbocycles. The molecule has 3 unspecified atom stereocenters. The molecule has 1 aromatic rings. The van der Waals surface area contributed by atoms with E-state index >= 15 is 0 Å². The van der Waals surface area contributed by atoms with E-state index in [1.807, 2.05) is 0 Å². The van der Waals surface area contributed by atoms with Gasteiger partial charge in [0, 0.05) is 0 Å². The molecule has 0 spiro atoms. The molecule has 0 amide bonds. The lowest BCUT2D eigenvalue weighted by Crippen LogP contribution is -2.26. The Morgan fingerprint density at radius 2 is 2.14 bits per heavy atom. The summed E-state index contributed by atoms with van der Waals surface area (Å²) in [5.74, 6) is 3.13. The summed E-state index contributed by atoms with van der Waals surface area (Å²) in [7, 11) is 0. The maximum Gasteiger partial charge on any atom is 0.122 e. The van der Waals surface area contributed by atoms with Gasteiger partial charge >= 0.3 is 0 Å². The molecule has 1 aliphatic rings. The van der Waals surface area contributed by atoms with E-state index in [9.17, 15) is 0 Å². The summed E-state index contributed by atoms with van der Waals surface area (Å²) < 4.78 is 5.79. The minimum atomic E-state index is 0.506. The SMILES string of the molecule is CCCOc1ccc(C(CN)C2CCCC(C)C2)cc1C. The minimum Gasteiger partial charge on any atom is -0.493 e. The third-order valence-electron chi connectivity index (χ3n) is 4.89. The molecular weight excluding hydrogens is 258 g/mol. The Morgan fingerprint density at radius 1 is 1.33 bits per heavy atom. The fourth-order valence-electron chi connectivity index (χ4n) is 3.72. The van der Waals surface area contributed by atoms with Crippen molar-refractivity contribution in [3.05, 3.63) is 29.3 Å². The van der Waals surface area contributed by atoms with Crippen LogP contribution in [0.15, 0.2) is 18.2 Å². The van der Waals surface area contributed by atoms with Gasteiger partial charge in [-0.25, -0.2) is 0 Å². The van der Waals surface area contributed by atoms with Gasteiger partial charge in [-0.3, -0.25) is 0 Å². The summed E-state index contributed by atoms with van der Waals surface area (Å²) in [6, 6.07) is 6.66. The molecular formula is C19H31NO. The van der Waals surface area contributed by atoms with E-state index < -0.39 is 0 Å². The van der Waals surface area contributed by atoms with Crippen LogP contribution in [0.3, 0.4) is 0 Å². The van der Waals surface area contributed by atoms with Crippen LogP contribution in [0.2, 0.25) is 0 Å². The molecule has 1 saturated carbocycles. The molecule has 2 nitrogen and oxygen atoms in total. The number of benzene rings is 1. The Morgan fingerprint density at radius 3 is 2.76 bits per heavy atom. The van der Waals surface area contributed by atoms with Gasteiger partial charge in [-0.1, -0.05) is 38.8 Å². The zero-order chi connectivity index (χ0) is 15.2. The number of ether oxygens (including phenoxy) is 1. The van der Waals surface area contributed by atoms with Crippen molar-refractivity contribution in [3.63, 3.8) is 0 Å². The average molecular weight is 289 g/mol. The van der Waals surface area contributed by atoms with E-state index in [4.69, 9.17) is 10.5 Å². The van der Waals surface area contributed by atoms with Crippen molar-refractivity contribution in [1.29, 1.82) is 0 Å². The fourth-order valence-corrected chi connectivity index (χ4v) is 3.72. The predicted octanol–water partition coefficient (Wildman–Crippen LogP) is 4.65. The molecule has 2 rings (SSSR count). The summed E-state index contributed by atoms with van der Waals surface area (Å²) in [6.45, 7) is 8.21. The summed E-state index contributed by atoms with van der Waals surface area (Å²) in [5.41, 5.74) is 8.76. The Hall–Kier alpha value is -1.02. The molecule has 2 heteroatoms. The number of hydrogen-bond donors (Lipinski definition) is 1. The Labute approximate surface area is 130 Å². The second kappa shape index (κ2) is 7.84. The van der Waals surface area contributed by atoms with Crippen molar-refractivity contribution >= 4 is 0 Å². The van der Waals surface area contributed by atoms with E-state index in [0.29, 0.717) is 5.92 Å². The lowest BCUT2D eigenvalue weighted by atomic mass is 9.73. The van der Waals surface area contributed by atoms with Gasteiger partial charge in [0.1, 0.15) is 5.75 Å². The Bertz CT molecular complexity index is 443. The standard InChI is InChI=1S/C19H31NO/c1-4-10-21-19-9-8-17(12-15(19)3)18(13-20)16-7-5-6-14(2)11-16/h8-9,12,14,16,18H,4-7,10-11,13,20H2,1-3H3. The van der Waals surface area contributed by atoms with Crippen LogP contribution in [0.25, 0.3) is 0 Å². The zero-order valence-corrected chi connectivity index (χ0v) is 13.9. The summed E-state index contributed by atoms with van der Waals surface area (Å²) in [6.07, 6.45) is 6.45. The van der Waals surface area contributed by atoms with E-state index in [1.165, 1.54) is 36.8 Å². The maximum atomic E-state index is 6.12. The van der Waals surface area contributed by atoms with Gasteiger partial charge in [0.15, 0.2) is 0 Å². The van der Waals surface area contributed by atoms with Crippen molar-refractivity contribution in [3.8, 4) is 5.75 Å². The highest BCUT2D eigenvalue weighted by Crippen LogP contribution is 2.38. The van der Waals surface area contributed by atoms with Crippen LogP contribution in [0.4, 0.5) is 0 Å². The first kappa shape index (κ1) is 16.4. The molecule has 0 heterocycles. The monoisotopic (exact) mass is 289 g/mol. The van der Waals surface area contributed by atoms with Gasteiger partial charge in [0.25, 0.3) is 0 Å². The van der Waals surface area contributed by atoms with Crippen molar-refractivity contribution < 1.29 is 4.74 Å². The average Bonchev–Trinajstić information content (AvgIpc) is 2.47. The van der Waals surface area contributed by atoms with Gasteiger partial charge in [0.05, 0.1) is 6.61 Å². The highest BCUT2D eigenvalue weighted by molar-refractivity contribution is 5.38. The number of hydrogen-bond acceptors (Lipinski definition) is 2. The van der Waals surface area contributed by atoms with Gasteiger partial charge < -0.3 is 10.5 Å². The van der Waals surface area contributed by atoms with Crippen LogP contribution >= 0.6 is 0 Å². The zero-order valence-electron chi connectivity index (χ0n) is 13.9. The number of aryl methyl sites for hydroxylation is 1. The van der Waals surface area contributed by atoms with Crippen molar-refractivity contribution in [2.45, 2.75) is 58.8 Å². The third-order valence-corrected chi connectivity index (χ3v) is 4.89. The first-order valence-electron chi connectivity index (χ1n) is 8.59. The topological polar surface area (TPSA) is 35.2 Å². The predicted molar refractivity (Wildman–Crippen MR) is 89.9 cm³/mol. The third kappa shape index (κ3) is 4.23. The molecule has 1 aliphatic carbocycles. The first-order chi connectivity index (χ1) is 10.2. The molecule has 0 bridgehead atoms. The number of rotatable bonds is 6. The minimum absolute atomic E-state index is 0.506. The van der Waals surface area contributed by atoms with Gasteiger partial charge in [-0.15, -0.1) is 0 Å². The van der Waals surface area contributed by atoms with Gasteiger partial charge in [0.2, 0.25) is 0 Å². The highest BCUT2D eigenvalue weighted by Gasteiger charge is 2.27. The fraction of sp³-hybridized carbons (Fsp3) is 0.684. The second-order valence-corrected chi connectivity index (χ2v) is 6.75. The summed E-state index contributed by atoms with van der Waals surface area (Å²) in [4.78, 5) is 0. The van der Waals surface area contributed by atoms with E-state index in [0.717, 1.165) is 37.2 Å². The van der Waals surface area contributed by atoms with Gasteiger partial charge in [-0.2, -0.15) is 0 Å². The summed E-state index contributed by atoms with van der Waals surface area (Å²) >= 11 is 0. The van der Waals surface area contributed by atoms with Crippen molar-refractivity contribution in [2.24, 2.45) is 17.6 Å². The molecule has 21 heavy (non-hydrogen) atoms. The molecule has 0 radical (unpaired) electrons. The normalized spacial score (nSPS) is 23.8. The number of nitrogens with two attached hydrogens (primary N) is 1. The molecule has 118 valence electrons. The van der Waals surface area contributed by atoms with Crippen LogP contribution in [0.5, 0.6) is 5.75 Å². The van der Waals surface area contributed by atoms with Crippen LogP contribution in [0, 0.1) is 18.8 Å². The molecule has 3 atom stereocenters.